The van der Waals surface area contributed by atoms with Crippen LogP contribution in [0.5, 0.6) is 0 Å². The molecule has 23 rings (SSSR count). The predicted molar refractivity (Wildman–Crippen MR) is 428 cm³/mol. The van der Waals surface area contributed by atoms with Crippen LogP contribution < -0.4 is 10.2 Å². The third-order valence-electron chi connectivity index (χ3n) is 25.0. The van der Waals surface area contributed by atoms with Gasteiger partial charge in [0.05, 0.1) is 5.69 Å². The van der Waals surface area contributed by atoms with Crippen LogP contribution >= 0.6 is 11.6 Å². The molecule has 1 N–H and O–H groups in total. The van der Waals surface area contributed by atoms with E-state index in [9.17, 15) is 0 Å². The Kier molecular flexibility index (Phi) is 17.1. The van der Waals surface area contributed by atoms with Crippen molar-refractivity contribution in [2.24, 2.45) is 47.3 Å². The van der Waals surface area contributed by atoms with Crippen molar-refractivity contribution in [2.75, 3.05) is 10.2 Å². The predicted octanol–water partition coefficient (Wildman–Crippen LogP) is 27.0. The Hall–Kier alpha value is -10.3. The van der Waals surface area contributed by atoms with E-state index in [4.69, 9.17) is 11.6 Å². The molecule has 13 aromatic carbocycles. The number of benzene rings is 13. The van der Waals surface area contributed by atoms with Crippen molar-refractivity contribution in [1.29, 1.82) is 0 Å². The second kappa shape index (κ2) is 27.3. The van der Waals surface area contributed by atoms with Gasteiger partial charge in [-0.2, -0.15) is 0 Å². The van der Waals surface area contributed by atoms with Gasteiger partial charge in [0.25, 0.3) is 0 Å². The summed E-state index contributed by atoms with van der Waals surface area (Å²) in [5, 5.41) is 4.41. The molecule has 8 saturated carbocycles. The molecule has 0 radical (unpaired) electrons. The van der Waals surface area contributed by atoms with E-state index < -0.39 is 0 Å². The van der Waals surface area contributed by atoms with Crippen LogP contribution in [0, 0.1) is 54.3 Å². The first-order chi connectivity index (χ1) is 50.3. The molecule has 8 fully saturated rings. The molecular weight excluding hydrogens is 1250 g/mol. The second-order valence-corrected chi connectivity index (χ2v) is 31.0. The minimum Gasteiger partial charge on any atom is -0.356 e. The van der Waals surface area contributed by atoms with E-state index in [0.717, 1.165) is 63.7 Å². The maximum Gasteiger partial charge on any atom is 0.0543 e. The Morgan fingerprint density at radius 1 is 0.275 bits per heavy atom. The summed E-state index contributed by atoms with van der Waals surface area (Å²) in [6.45, 7) is 2.08. The molecule has 10 aliphatic rings. The molecule has 0 heterocycles. The molecule has 0 aliphatic heterocycles. The van der Waals surface area contributed by atoms with Crippen LogP contribution in [-0.4, -0.2) is 0 Å². The zero-order valence-corrected chi connectivity index (χ0v) is 59.0. The van der Waals surface area contributed by atoms with Gasteiger partial charge in [0.1, 0.15) is 0 Å². The molecule has 8 bridgehead atoms. The van der Waals surface area contributed by atoms with Gasteiger partial charge in [-0.25, -0.2) is 0 Å². The third kappa shape index (κ3) is 11.5. The van der Waals surface area contributed by atoms with Gasteiger partial charge in [0, 0.05) is 49.7 Å². The summed E-state index contributed by atoms with van der Waals surface area (Å²) in [7, 11) is 0. The van der Waals surface area contributed by atoms with Gasteiger partial charge in [-0.15, -0.1) is 0 Å². The molecular formula is C99H87ClN2. The standard InChI is InChI=1S/C46H39N.C24H19N.C22H21Cl.C7H8/c1-3-10-33(11-4-1)35-18-22-39(23-19-35)47(40-24-20-36(21-25-40)34-12-5-2-6-13-34)44-17-9-16-43-45(44)41-14-7-8-15-42(41)46(43)37-27-31-26-32(29-37)30-38(46)28-31;1-3-7-19(8-4-1)21-11-15-23(16-12-21)25-24-17-13-22(14-18-24)20-9-5-2-6-10-20;23-20-7-3-6-19-21(20)17-4-1-2-5-18(17)22(19)15-9-13-8-14(11-15)12-16(22)10-13;1-7-5-3-2-4-6-7/h1-25,31-32,37-38H,26-30H2;1-18,25H;1-7,13-16H,8-12H2;2-6H,1H3. The van der Waals surface area contributed by atoms with Gasteiger partial charge in [-0.3, -0.25) is 0 Å². The smallest absolute Gasteiger partial charge is 0.0543 e. The van der Waals surface area contributed by atoms with Gasteiger partial charge in [-0.1, -0.05) is 290 Å². The minimum atomic E-state index is 0.148. The Bertz CT molecular complexity index is 4850. The van der Waals surface area contributed by atoms with E-state index in [-0.39, 0.29) is 10.8 Å². The lowest BCUT2D eigenvalue weighted by atomic mass is 9.43. The number of hydrogen-bond donors (Lipinski definition) is 1. The molecule has 102 heavy (non-hydrogen) atoms. The molecule has 0 aromatic heterocycles. The Labute approximate surface area is 608 Å². The van der Waals surface area contributed by atoms with E-state index in [1.165, 1.54) is 154 Å². The number of anilines is 5. The highest BCUT2D eigenvalue weighted by Crippen LogP contribution is 2.72. The fraction of sp³-hybridized carbons (Fsp3) is 0.212. The summed E-state index contributed by atoms with van der Waals surface area (Å²) in [5.74, 6) is 7.03. The normalized spacial score (nSPS) is 23.3. The average molecular weight is 1340 g/mol. The summed E-state index contributed by atoms with van der Waals surface area (Å²) in [5.41, 5.74) is 29.5. The second-order valence-electron chi connectivity index (χ2n) is 30.6. The van der Waals surface area contributed by atoms with Crippen molar-refractivity contribution in [3.8, 4) is 66.8 Å². The van der Waals surface area contributed by atoms with Crippen LogP contribution in [0.15, 0.2) is 334 Å². The summed E-state index contributed by atoms with van der Waals surface area (Å²) >= 11 is 6.69. The fourth-order valence-electron chi connectivity index (χ4n) is 21.3. The van der Waals surface area contributed by atoms with E-state index in [1.807, 2.05) is 30.3 Å². The monoisotopic (exact) mass is 1340 g/mol. The molecule has 0 unspecified atom stereocenters. The Morgan fingerprint density at radius 2 is 0.569 bits per heavy atom. The summed E-state index contributed by atoms with van der Waals surface area (Å²) in [6, 6.07) is 121. The molecule has 0 atom stereocenters. The van der Waals surface area contributed by atoms with E-state index in [2.05, 4.69) is 320 Å². The summed E-state index contributed by atoms with van der Waals surface area (Å²) < 4.78 is 0. The van der Waals surface area contributed by atoms with E-state index in [0.29, 0.717) is 0 Å². The van der Waals surface area contributed by atoms with Gasteiger partial charge in [-0.05, 0) is 257 Å². The molecule has 2 spiro atoms. The maximum absolute atomic E-state index is 6.69. The molecule has 2 nitrogen and oxygen atoms in total. The lowest BCUT2D eigenvalue weighted by Gasteiger charge is -2.61. The maximum atomic E-state index is 6.69. The van der Waals surface area contributed by atoms with Crippen LogP contribution in [0.3, 0.4) is 0 Å². The van der Waals surface area contributed by atoms with Crippen LogP contribution in [0.1, 0.15) is 92.0 Å². The molecule has 10 aliphatic carbocycles. The molecule has 0 amide bonds. The highest BCUT2D eigenvalue weighted by Gasteiger charge is 2.63. The number of halogens is 1. The topological polar surface area (TPSA) is 15.3 Å². The van der Waals surface area contributed by atoms with Gasteiger partial charge >= 0.3 is 0 Å². The number of hydrogen-bond acceptors (Lipinski definition) is 2. The highest BCUT2D eigenvalue weighted by molar-refractivity contribution is 6.34. The average Bonchev–Trinajstić information content (AvgIpc) is 1.49. The van der Waals surface area contributed by atoms with E-state index in [1.54, 1.807) is 22.3 Å². The van der Waals surface area contributed by atoms with Gasteiger partial charge in [0.15, 0.2) is 0 Å². The lowest BCUT2D eigenvalue weighted by Crippen LogP contribution is -2.55. The first kappa shape index (κ1) is 63.9. The number of nitrogens with one attached hydrogen (secondary N) is 1. The largest absolute Gasteiger partial charge is 0.356 e. The van der Waals surface area contributed by atoms with E-state index >= 15 is 0 Å². The molecule has 3 heteroatoms. The molecule has 0 saturated heterocycles. The SMILES string of the molecule is Cc1ccccc1.Clc1cccc2c1-c1ccccc1C21C2CC3CC(C2)CC1C3.c1ccc(-c2ccc(N(c3ccc(-c4ccccc4)cc3)c3cccc4c3-c3ccccc3C43C4CC5CC(C4)CC3C5)cc2)cc1.c1ccc(-c2ccc(Nc3ccc(-c4ccccc4)cc3)cc2)cc1. The number of nitrogens with zero attached hydrogens (tertiary/aromatic N) is 1. The van der Waals surface area contributed by atoms with Crippen LogP contribution in [0.25, 0.3) is 66.8 Å². The fourth-order valence-corrected chi connectivity index (χ4v) is 21.6. The van der Waals surface area contributed by atoms with Gasteiger partial charge < -0.3 is 10.2 Å². The Morgan fingerprint density at radius 3 is 0.931 bits per heavy atom. The van der Waals surface area contributed by atoms with Crippen LogP contribution in [0.4, 0.5) is 28.4 Å². The molecule has 500 valence electrons. The van der Waals surface area contributed by atoms with Crippen molar-refractivity contribution in [3.63, 3.8) is 0 Å². The first-order valence-corrected chi connectivity index (χ1v) is 38.0. The van der Waals surface area contributed by atoms with Crippen molar-refractivity contribution in [1.82, 2.24) is 0 Å². The van der Waals surface area contributed by atoms with Crippen LogP contribution in [-0.2, 0) is 10.8 Å². The van der Waals surface area contributed by atoms with Crippen molar-refractivity contribution in [2.45, 2.75) is 82.0 Å². The zero-order valence-electron chi connectivity index (χ0n) is 58.3. The van der Waals surface area contributed by atoms with Crippen molar-refractivity contribution in [3.05, 3.63) is 366 Å². The highest BCUT2D eigenvalue weighted by atomic mass is 35.5. The number of aryl methyl sites for hydroxylation is 1. The number of fused-ring (bicyclic) bond motifs is 6. The lowest BCUT2D eigenvalue weighted by molar-refractivity contribution is -0.0399. The minimum absolute atomic E-state index is 0.148. The zero-order chi connectivity index (χ0) is 68.1. The van der Waals surface area contributed by atoms with Gasteiger partial charge in [0.2, 0.25) is 0 Å². The summed E-state index contributed by atoms with van der Waals surface area (Å²) in [6.07, 6.45) is 14.3. The summed E-state index contributed by atoms with van der Waals surface area (Å²) in [4.78, 5) is 2.52. The first-order valence-electron chi connectivity index (χ1n) is 37.7. The number of rotatable bonds is 9. The quantitative estimate of drug-likeness (QED) is 0.155. The Balaban J connectivity index is 0.000000113. The van der Waals surface area contributed by atoms with Crippen LogP contribution in [0.2, 0.25) is 5.02 Å². The third-order valence-corrected chi connectivity index (χ3v) is 25.3. The molecule has 13 aromatic rings. The van der Waals surface area contributed by atoms with Crippen molar-refractivity contribution >= 4 is 40.0 Å². The van der Waals surface area contributed by atoms with Crippen molar-refractivity contribution < 1.29 is 0 Å².